The van der Waals surface area contributed by atoms with Crippen molar-refractivity contribution in [1.82, 2.24) is 4.98 Å². The first kappa shape index (κ1) is 18.7. The molecule has 0 unspecified atom stereocenters. The molecule has 1 aromatic carbocycles. The summed E-state index contributed by atoms with van der Waals surface area (Å²) in [5, 5.41) is 6.14. The zero-order valence-electron chi connectivity index (χ0n) is 12.6. The number of alkyl halides is 3. The Morgan fingerprint density at radius 3 is 2.68 bits per heavy atom. The van der Waals surface area contributed by atoms with Gasteiger partial charge in [-0.3, -0.25) is 9.98 Å². The summed E-state index contributed by atoms with van der Waals surface area (Å²) in [4.78, 5) is 7.29. The fourth-order valence-corrected chi connectivity index (χ4v) is 1.90. The average Bonchev–Trinajstić information content (AvgIpc) is 2.57. The Morgan fingerprint density at radius 2 is 2.04 bits per heavy atom. The SMILES string of the molecule is N/N=C(\C=Nc1ccc(F)c(Cl)c1)CNc1ccnc(C(F)(F)F)c1. The Kier molecular flexibility index (Phi) is 5.92. The van der Waals surface area contributed by atoms with Gasteiger partial charge in [-0.15, -0.1) is 0 Å². The zero-order valence-corrected chi connectivity index (χ0v) is 13.3. The molecule has 0 saturated carbocycles. The van der Waals surface area contributed by atoms with E-state index in [-0.39, 0.29) is 23.0 Å². The van der Waals surface area contributed by atoms with Crippen LogP contribution in [0.1, 0.15) is 5.69 Å². The van der Waals surface area contributed by atoms with Gasteiger partial charge in [-0.1, -0.05) is 11.6 Å². The lowest BCUT2D eigenvalue weighted by molar-refractivity contribution is -0.141. The van der Waals surface area contributed by atoms with E-state index in [0.29, 0.717) is 5.69 Å². The third-order valence-electron chi connectivity index (χ3n) is 2.96. The van der Waals surface area contributed by atoms with Gasteiger partial charge in [0, 0.05) is 11.9 Å². The van der Waals surface area contributed by atoms with E-state index in [1.54, 1.807) is 0 Å². The van der Waals surface area contributed by atoms with Gasteiger partial charge >= 0.3 is 6.18 Å². The van der Waals surface area contributed by atoms with E-state index in [1.165, 1.54) is 24.4 Å². The molecule has 132 valence electrons. The van der Waals surface area contributed by atoms with Gasteiger partial charge in [-0.05, 0) is 30.3 Å². The summed E-state index contributed by atoms with van der Waals surface area (Å²) in [7, 11) is 0. The van der Waals surface area contributed by atoms with Crippen molar-refractivity contribution in [3.63, 3.8) is 0 Å². The number of nitrogens with zero attached hydrogens (tertiary/aromatic N) is 3. The Labute approximate surface area is 145 Å². The highest BCUT2D eigenvalue weighted by molar-refractivity contribution is 6.33. The Hall–Kier alpha value is -2.68. The zero-order chi connectivity index (χ0) is 18.4. The smallest absolute Gasteiger partial charge is 0.379 e. The maximum Gasteiger partial charge on any atom is 0.433 e. The van der Waals surface area contributed by atoms with Crippen molar-refractivity contribution in [3.8, 4) is 0 Å². The Bertz CT molecular complexity index is 805. The van der Waals surface area contributed by atoms with Crippen molar-refractivity contribution in [1.29, 1.82) is 0 Å². The minimum absolute atomic E-state index is 0.0240. The number of halogens is 5. The first-order valence-corrected chi connectivity index (χ1v) is 7.20. The van der Waals surface area contributed by atoms with Gasteiger partial charge in [-0.2, -0.15) is 18.3 Å². The van der Waals surface area contributed by atoms with Gasteiger partial charge in [0.25, 0.3) is 0 Å². The first-order valence-electron chi connectivity index (χ1n) is 6.82. The van der Waals surface area contributed by atoms with Gasteiger partial charge < -0.3 is 11.2 Å². The molecule has 0 fully saturated rings. The molecular formula is C15H12ClF4N5. The predicted molar refractivity (Wildman–Crippen MR) is 88.9 cm³/mol. The van der Waals surface area contributed by atoms with E-state index in [9.17, 15) is 17.6 Å². The molecule has 0 bridgehead atoms. The highest BCUT2D eigenvalue weighted by Gasteiger charge is 2.32. The van der Waals surface area contributed by atoms with Crippen LogP contribution < -0.4 is 11.2 Å². The topological polar surface area (TPSA) is 75.7 Å². The molecule has 0 radical (unpaired) electrons. The molecule has 0 spiro atoms. The molecule has 2 aromatic rings. The average molecular weight is 374 g/mol. The van der Waals surface area contributed by atoms with Gasteiger partial charge in [0.2, 0.25) is 0 Å². The maximum absolute atomic E-state index is 13.1. The Morgan fingerprint density at radius 1 is 1.28 bits per heavy atom. The van der Waals surface area contributed by atoms with Crippen molar-refractivity contribution in [2.24, 2.45) is 15.9 Å². The molecule has 0 aliphatic carbocycles. The van der Waals surface area contributed by atoms with E-state index in [0.717, 1.165) is 18.3 Å². The number of nitrogens with two attached hydrogens (primary N) is 1. The number of hydrazone groups is 1. The standard InChI is InChI=1S/C15H12ClF4N5/c16-12-5-9(1-2-13(12)17)23-7-11(25-21)8-24-10-3-4-22-14(6-10)15(18,19)20/h1-7H,8,21H2,(H,22,24)/b23-7?,25-11+. The van der Waals surface area contributed by atoms with Crippen LogP contribution in [0.5, 0.6) is 0 Å². The third-order valence-corrected chi connectivity index (χ3v) is 3.25. The molecule has 1 heterocycles. The van der Waals surface area contributed by atoms with Crippen LogP contribution in [0.3, 0.4) is 0 Å². The van der Waals surface area contributed by atoms with Crippen LogP contribution in [0, 0.1) is 5.82 Å². The largest absolute Gasteiger partial charge is 0.433 e. The number of anilines is 1. The van der Waals surface area contributed by atoms with Gasteiger partial charge in [-0.25, -0.2) is 4.39 Å². The molecule has 1 aromatic heterocycles. The highest BCUT2D eigenvalue weighted by Crippen LogP contribution is 2.28. The lowest BCUT2D eigenvalue weighted by atomic mass is 10.3. The van der Waals surface area contributed by atoms with Crippen LogP contribution in [-0.2, 0) is 6.18 Å². The number of hydrogen-bond acceptors (Lipinski definition) is 5. The van der Waals surface area contributed by atoms with E-state index in [1.807, 2.05) is 0 Å². The second-order valence-corrected chi connectivity index (χ2v) is 5.17. The number of benzene rings is 1. The number of pyridine rings is 1. The quantitative estimate of drug-likeness (QED) is 0.360. The summed E-state index contributed by atoms with van der Waals surface area (Å²) in [6.45, 7) is 0.0240. The third kappa shape index (κ3) is 5.42. The van der Waals surface area contributed by atoms with Gasteiger partial charge in [0.15, 0.2) is 0 Å². The normalized spacial score (nSPS) is 12.6. The molecule has 0 saturated heterocycles. The second-order valence-electron chi connectivity index (χ2n) is 4.76. The monoisotopic (exact) mass is 373 g/mol. The number of hydrogen-bond donors (Lipinski definition) is 2. The minimum Gasteiger partial charge on any atom is -0.379 e. The number of nitrogens with one attached hydrogen (secondary N) is 1. The van der Waals surface area contributed by atoms with Crippen molar-refractivity contribution in [3.05, 3.63) is 53.1 Å². The highest BCUT2D eigenvalue weighted by atomic mass is 35.5. The van der Waals surface area contributed by atoms with Crippen molar-refractivity contribution in [2.75, 3.05) is 11.9 Å². The summed E-state index contributed by atoms with van der Waals surface area (Å²) in [6.07, 6.45) is -2.20. The van der Waals surface area contributed by atoms with Crippen LogP contribution in [0.4, 0.5) is 28.9 Å². The lowest BCUT2D eigenvalue weighted by Crippen LogP contribution is -2.17. The molecule has 0 atom stereocenters. The molecule has 0 aliphatic rings. The number of aliphatic imine (C=N–C) groups is 1. The summed E-state index contributed by atoms with van der Waals surface area (Å²) < 4.78 is 50.9. The van der Waals surface area contributed by atoms with Crippen molar-refractivity contribution < 1.29 is 17.6 Å². The fraction of sp³-hybridized carbons (Fsp3) is 0.133. The molecule has 2 rings (SSSR count). The molecule has 3 N–H and O–H groups in total. The first-order chi connectivity index (χ1) is 11.8. The van der Waals surface area contributed by atoms with Gasteiger partial charge in [0.1, 0.15) is 11.5 Å². The van der Waals surface area contributed by atoms with E-state index < -0.39 is 17.7 Å². The number of rotatable bonds is 5. The molecule has 25 heavy (non-hydrogen) atoms. The summed E-state index contributed by atoms with van der Waals surface area (Å²) in [5.41, 5.74) is -0.193. The van der Waals surface area contributed by atoms with Crippen LogP contribution in [0.15, 0.2) is 46.6 Å². The van der Waals surface area contributed by atoms with E-state index in [2.05, 4.69) is 20.4 Å². The second kappa shape index (κ2) is 7.93. The number of aromatic nitrogens is 1. The van der Waals surface area contributed by atoms with Crippen molar-refractivity contribution >= 4 is 34.9 Å². The minimum atomic E-state index is -4.54. The van der Waals surface area contributed by atoms with Crippen molar-refractivity contribution in [2.45, 2.75) is 6.18 Å². The van der Waals surface area contributed by atoms with Crippen LogP contribution in [-0.4, -0.2) is 23.5 Å². The van der Waals surface area contributed by atoms with Crippen LogP contribution in [0.25, 0.3) is 0 Å². The lowest BCUT2D eigenvalue weighted by Gasteiger charge is -2.09. The molecule has 0 aliphatic heterocycles. The predicted octanol–water partition coefficient (Wildman–Crippen LogP) is 4.02. The fourth-order valence-electron chi connectivity index (χ4n) is 1.73. The van der Waals surface area contributed by atoms with E-state index in [4.69, 9.17) is 17.4 Å². The van der Waals surface area contributed by atoms with E-state index >= 15 is 0 Å². The molecule has 10 heteroatoms. The summed E-state index contributed by atoms with van der Waals surface area (Å²) in [6, 6.07) is 6.11. The molecule has 0 amide bonds. The molecular weight excluding hydrogens is 362 g/mol. The summed E-state index contributed by atoms with van der Waals surface area (Å²) >= 11 is 5.64. The van der Waals surface area contributed by atoms with Crippen LogP contribution >= 0.6 is 11.6 Å². The Balaban J connectivity index is 2.03. The van der Waals surface area contributed by atoms with Gasteiger partial charge in [0.05, 0.1) is 29.2 Å². The maximum atomic E-state index is 13.1. The van der Waals surface area contributed by atoms with Crippen LogP contribution in [0.2, 0.25) is 5.02 Å². The molecule has 5 nitrogen and oxygen atoms in total. The summed E-state index contributed by atoms with van der Waals surface area (Å²) in [5.74, 6) is 4.66.